The predicted octanol–water partition coefficient (Wildman–Crippen LogP) is 4.64. The molecule has 1 aromatic carbocycles. The zero-order valence-corrected chi connectivity index (χ0v) is 14.8. The van der Waals surface area contributed by atoms with Gasteiger partial charge in [0, 0.05) is 24.1 Å². The number of hydrogen-bond donors (Lipinski definition) is 0. The van der Waals surface area contributed by atoms with E-state index in [2.05, 4.69) is 53.4 Å². The first-order valence-electron chi connectivity index (χ1n) is 8.81. The SMILES string of the molecule is C=S1CCN2C=CC=C(c3ccc(OC4CCCCC4)cc3)C2=N1. The molecule has 4 heteroatoms. The Labute approximate surface area is 146 Å². The average molecular weight is 340 g/mol. The van der Waals surface area contributed by atoms with Gasteiger partial charge in [-0.25, -0.2) is 4.40 Å². The molecular weight excluding hydrogens is 316 g/mol. The maximum Gasteiger partial charge on any atom is 0.147 e. The Morgan fingerprint density at radius 2 is 1.92 bits per heavy atom. The summed E-state index contributed by atoms with van der Waals surface area (Å²) in [6, 6.07) is 8.50. The van der Waals surface area contributed by atoms with Crippen LogP contribution in [0.25, 0.3) is 5.57 Å². The van der Waals surface area contributed by atoms with Gasteiger partial charge in [0.1, 0.15) is 11.6 Å². The lowest BCUT2D eigenvalue weighted by Crippen LogP contribution is -2.33. The predicted molar refractivity (Wildman–Crippen MR) is 105 cm³/mol. The lowest BCUT2D eigenvalue weighted by Gasteiger charge is -2.30. The van der Waals surface area contributed by atoms with Crippen molar-refractivity contribution in [2.75, 3.05) is 12.3 Å². The van der Waals surface area contributed by atoms with Crippen molar-refractivity contribution >= 4 is 27.9 Å². The van der Waals surface area contributed by atoms with E-state index in [-0.39, 0.29) is 10.7 Å². The molecule has 4 rings (SSSR count). The van der Waals surface area contributed by atoms with E-state index in [0.717, 1.165) is 23.9 Å². The van der Waals surface area contributed by atoms with Crippen molar-refractivity contribution in [3.8, 4) is 5.75 Å². The highest BCUT2D eigenvalue weighted by Gasteiger charge is 2.22. The van der Waals surface area contributed by atoms with Gasteiger partial charge in [-0.1, -0.05) is 35.1 Å². The molecule has 1 fully saturated rings. The molecule has 1 aromatic rings. The summed E-state index contributed by atoms with van der Waals surface area (Å²) in [5.74, 6) is 7.22. The Hall–Kier alpha value is -1.81. The summed E-state index contributed by atoms with van der Waals surface area (Å²) < 4.78 is 10.9. The van der Waals surface area contributed by atoms with Crippen LogP contribution in [0.15, 0.2) is 47.0 Å². The van der Waals surface area contributed by atoms with Crippen LogP contribution in [0.2, 0.25) is 0 Å². The molecule has 1 atom stereocenters. The Bertz CT molecular complexity index is 712. The summed E-state index contributed by atoms with van der Waals surface area (Å²) in [5.41, 5.74) is 2.38. The van der Waals surface area contributed by atoms with Crippen LogP contribution in [-0.4, -0.2) is 35.0 Å². The van der Waals surface area contributed by atoms with Crippen molar-refractivity contribution in [2.24, 2.45) is 4.40 Å². The first-order chi connectivity index (χ1) is 11.8. The average Bonchev–Trinajstić information content (AvgIpc) is 2.63. The molecule has 1 unspecified atom stereocenters. The summed E-state index contributed by atoms with van der Waals surface area (Å²) in [5, 5.41) is 0. The van der Waals surface area contributed by atoms with Gasteiger partial charge in [0.15, 0.2) is 0 Å². The first kappa shape index (κ1) is 15.7. The Morgan fingerprint density at radius 3 is 2.71 bits per heavy atom. The second-order valence-electron chi connectivity index (χ2n) is 6.60. The van der Waals surface area contributed by atoms with E-state index in [9.17, 15) is 0 Å². The molecule has 3 nitrogen and oxygen atoms in total. The smallest absolute Gasteiger partial charge is 0.147 e. The molecule has 126 valence electrons. The molecule has 1 aliphatic carbocycles. The fraction of sp³-hybridized carbons (Fsp3) is 0.400. The minimum atomic E-state index is -0.116. The number of ether oxygens (including phenoxy) is 1. The Morgan fingerprint density at radius 1 is 1.12 bits per heavy atom. The summed E-state index contributed by atoms with van der Waals surface area (Å²) in [6.45, 7) is 1.00. The zero-order valence-electron chi connectivity index (χ0n) is 14.0. The van der Waals surface area contributed by atoms with Crippen molar-refractivity contribution in [1.29, 1.82) is 0 Å². The van der Waals surface area contributed by atoms with E-state index < -0.39 is 0 Å². The summed E-state index contributed by atoms with van der Waals surface area (Å²) >= 11 is 0. The maximum atomic E-state index is 6.14. The van der Waals surface area contributed by atoms with E-state index in [0.29, 0.717) is 6.10 Å². The summed E-state index contributed by atoms with van der Waals surface area (Å²) in [4.78, 5) is 2.23. The van der Waals surface area contributed by atoms with Crippen LogP contribution in [0.3, 0.4) is 0 Å². The molecule has 0 aromatic heterocycles. The van der Waals surface area contributed by atoms with Gasteiger partial charge in [-0.2, -0.15) is 0 Å². The quantitative estimate of drug-likeness (QED) is 0.749. The van der Waals surface area contributed by atoms with E-state index in [4.69, 9.17) is 9.13 Å². The fourth-order valence-corrected chi connectivity index (χ4v) is 4.46. The third-order valence-electron chi connectivity index (χ3n) is 4.85. The number of amidine groups is 1. The molecule has 0 bridgehead atoms. The van der Waals surface area contributed by atoms with Crippen molar-refractivity contribution in [1.82, 2.24) is 4.90 Å². The van der Waals surface area contributed by atoms with Crippen LogP contribution in [0.5, 0.6) is 5.75 Å². The van der Waals surface area contributed by atoms with Gasteiger partial charge in [0.2, 0.25) is 0 Å². The first-order valence-corrected chi connectivity index (χ1v) is 10.3. The number of fused-ring (bicyclic) bond motifs is 1. The molecule has 2 aliphatic heterocycles. The zero-order chi connectivity index (χ0) is 16.4. The van der Waals surface area contributed by atoms with Gasteiger partial charge < -0.3 is 9.64 Å². The van der Waals surface area contributed by atoms with Gasteiger partial charge in [-0.05, 0) is 55.5 Å². The van der Waals surface area contributed by atoms with Crippen molar-refractivity contribution < 1.29 is 4.74 Å². The van der Waals surface area contributed by atoms with Crippen LogP contribution in [0.4, 0.5) is 0 Å². The second kappa shape index (κ2) is 6.98. The maximum absolute atomic E-state index is 6.14. The molecule has 0 radical (unpaired) electrons. The highest BCUT2D eigenvalue weighted by molar-refractivity contribution is 8.13. The largest absolute Gasteiger partial charge is 0.490 e. The summed E-state index contributed by atoms with van der Waals surface area (Å²) in [7, 11) is -0.116. The van der Waals surface area contributed by atoms with Gasteiger partial charge >= 0.3 is 0 Å². The third kappa shape index (κ3) is 3.34. The standard InChI is InChI=1S/C20H24N2OS/c1-24-15-14-22-13-5-8-19(20(22)21-24)16-9-11-18(12-10-16)23-17-6-3-2-4-7-17/h5,8-13,17H,1-4,6-7,14-15H2. The van der Waals surface area contributed by atoms with Crippen molar-refractivity contribution in [3.63, 3.8) is 0 Å². The molecule has 24 heavy (non-hydrogen) atoms. The van der Waals surface area contributed by atoms with Crippen molar-refractivity contribution in [3.05, 3.63) is 48.2 Å². The minimum Gasteiger partial charge on any atom is -0.490 e. The lowest BCUT2D eigenvalue weighted by atomic mass is 9.97. The lowest BCUT2D eigenvalue weighted by molar-refractivity contribution is 0.155. The van der Waals surface area contributed by atoms with Crippen LogP contribution < -0.4 is 4.74 Å². The highest BCUT2D eigenvalue weighted by Crippen LogP contribution is 2.30. The number of allylic oxidation sites excluding steroid dienone is 2. The van der Waals surface area contributed by atoms with Crippen molar-refractivity contribution in [2.45, 2.75) is 38.2 Å². The number of hydrogen-bond acceptors (Lipinski definition) is 3. The second-order valence-corrected chi connectivity index (χ2v) is 8.11. The normalized spacial score (nSPS) is 24.2. The van der Waals surface area contributed by atoms with Gasteiger partial charge in [-0.15, -0.1) is 0 Å². The monoisotopic (exact) mass is 340 g/mol. The molecule has 0 spiro atoms. The number of benzene rings is 1. The molecule has 2 heterocycles. The molecule has 1 saturated carbocycles. The van der Waals surface area contributed by atoms with Crippen LogP contribution in [-0.2, 0) is 0 Å². The molecule has 0 saturated heterocycles. The molecule has 0 amide bonds. The molecular formula is C20H24N2OS. The fourth-order valence-electron chi connectivity index (χ4n) is 3.51. The minimum absolute atomic E-state index is 0.116. The van der Waals surface area contributed by atoms with E-state index >= 15 is 0 Å². The Balaban J connectivity index is 1.53. The molecule has 3 aliphatic rings. The Kier molecular flexibility index (Phi) is 4.56. The highest BCUT2D eigenvalue weighted by atomic mass is 32.2. The van der Waals surface area contributed by atoms with Gasteiger partial charge in [-0.3, -0.25) is 0 Å². The van der Waals surface area contributed by atoms with E-state index in [1.54, 1.807) is 0 Å². The topological polar surface area (TPSA) is 24.8 Å². The van der Waals surface area contributed by atoms with Crippen LogP contribution in [0.1, 0.15) is 37.7 Å². The third-order valence-corrected chi connectivity index (χ3v) is 5.93. The van der Waals surface area contributed by atoms with E-state index in [1.807, 2.05) is 0 Å². The number of nitrogens with zero attached hydrogens (tertiary/aromatic N) is 2. The van der Waals surface area contributed by atoms with Gasteiger partial charge in [0.25, 0.3) is 0 Å². The van der Waals surface area contributed by atoms with E-state index in [1.165, 1.54) is 43.2 Å². The molecule has 0 N–H and O–H groups in total. The van der Waals surface area contributed by atoms with Crippen LogP contribution >= 0.6 is 10.7 Å². The van der Waals surface area contributed by atoms with Crippen LogP contribution in [0, 0.1) is 0 Å². The number of rotatable bonds is 3. The van der Waals surface area contributed by atoms with Gasteiger partial charge in [0.05, 0.1) is 6.10 Å². The summed E-state index contributed by atoms with van der Waals surface area (Å²) in [6.07, 6.45) is 13.1.